The molecule has 0 radical (unpaired) electrons. The van der Waals surface area contributed by atoms with Crippen LogP contribution in [-0.2, 0) is 4.79 Å². The molecule has 2 bridgehead atoms. The third-order valence-corrected chi connectivity index (χ3v) is 4.11. The number of benzene rings is 1. The minimum Gasteiger partial charge on any atom is -0.507 e. The van der Waals surface area contributed by atoms with Crippen molar-refractivity contribution in [1.29, 1.82) is 0 Å². The Morgan fingerprint density at radius 3 is 2.55 bits per heavy atom. The fourth-order valence-electron chi connectivity index (χ4n) is 3.11. The van der Waals surface area contributed by atoms with E-state index in [1.54, 1.807) is 0 Å². The first-order valence-corrected chi connectivity index (χ1v) is 6.60. The van der Waals surface area contributed by atoms with Gasteiger partial charge in [0.1, 0.15) is 11.3 Å². The zero-order valence-corrected chi connectivity index (χ0v) is 10.7. The maximum absolute atomic E-state index is 12.2. The summed E-state index contributed by atoms with van der Waals surface area (Å²) in [6.45, 7) is 0. The fourth-order valence-corrected chi connectivity index (χ4v) is 3.11. The lowest BCUT2D eigenvalue weighted by molar-refractivity contribution is -0.120. The number of aromatic hydroxyl groups is 1. The van der Waals surface area contributed by atoms with Gasteiger partial charge in [0.15, 0.2) is 0 Å². The summed E-state index contributed by atoms with van der Waals surface area (Å²) in [5.41, 5.74) is 0.245. The van der Waals surface area contributed by atoms with E-state index in [0.717, 1.165) is 12.8 Å². The van der Waals surface area contributed by atoms with Gasteiger partial charge in [0, 0.05) is 17.7 Å². The molecule has 5 heteroatoms. The molecule has 1 aromatic carbocycles. The third kappa shape index (κ3) is 2.15. The summed E-state index contributed by atoms with van der Waals surface area (Å²) in [6.07, 6.45) is 6.18. The smallest absolute Gasteiger partial charge is 0.339 e. The van der Waals surface area contributed by atoms with Crippen molar-refractivity contribution in [2.24, 2.45) is 17.8 Å². The van der Waals surface area contributed by atoms with Crippen molar-refractivity contribution in [2.45, 2.75) is 12.8 Å². The summed E-state index contributed by atoms with van der Waals surface area (Å²) < 4.78 is 0. The van der Waals surface area contributed by atoms with Gasteiger partial charge in [0.2, 0.25) is 5.91 Å². The summed E-state index contributed by atoms with van der Waals surface area (Å²) in [5, 5.41) is 21.2. The highest BCUT2D eigenvalue weighted by Gasteiger charge is 2.39. The molecule has 3 N–H and O–H groups in total. The van der Waals surface area contributed by atoms with Gasteiger partial charge in [0.05, 0.1) is 0 Å². The van der Waals surface area contributed by atoms with Gasteiger partial charge in [-0.1, -0.05) is 12.2 Å². The molecule has 0 spiro atoms. The highest BCUT2D eigenvalue weighted by molar-refractivity contribution is 5.95. The van der Waals surface area contributed by atoms with Crippen LogP contribution in [0.4, 0.5) is 5.69 Å². The number of hydrogen-bond acceptors (Lipinski definition) is 3. The number of rotatable bonds is 3. The number of carboxylic acid groups (broad SMARTS) is 1. The van der Waals surface area contributed by atoms with E-state index < -0.39 is 5.97 Å². The molecule has 5 nitrogen and oxygen atoms in total. The number of allylic oxidation sites excluding steroid dienone is 2. The molecule has 1 aromatic rings. The average Bonchev–Trinajstić information content (AvgIpc) is 3.00. The highest BCUT2D eigenvalue weighted by Crippen LogP contribution is 2.43. The number of fused-ring (bicyclic) bond motifs is 2. The first kappa shape index (κ1) is 12.7. The lowest BCUT2D eigenvalue weighted by Gasteiger charge is -2.17. The minimum atomic E-state index is -1.20. The van der Waals surface area contributed by atoms with Crippen LogP contribution in [0.1, 0.15) is 23.2 Å². The van der Waals surface area contributed by atoms with Gasteiger partial charge in [0.25, 0.3) is 0 Å². The van der Waals surface area contributed by atoms with Crippen molar-refractivity contribution in [2.75, 3.05) is 5.32 Å². The van der Waals surface area contributed by atoms with Crippen LogP contribution in [0.3, 0.4) is 0 Å². The number of carbonyl (C=O) groups excluding carboxylic acids is 1. The SMILES string of the molecule is O=C(O)c1ccc(NC(=O)C2CC3C=CC2C3)cc1O. The number of anilines is 1. The standard InChI is InChI=1S/C15H15NO4/c17-13-7-10(3-4-11(13)15(19)20)16-14(18)12-6-8-1-2-9(12)5-8/h1-4,7-9,12,17H,5-6H2,(H,16,18)(H,19,20). The van der Waals surface area contributed by atoms with Gasteiger partial charge in [-0.05, 0) is 36.8 Å². The quantitative estimate of drug-likeness (QED) is 0.737. The number of carbonyl (C=O) groups is 2. The Morgan fingerprint density at radius 1 is 1.20 bits per heavy atom. The van der Waals surface area contributed by atoms with E-state index in [2.05, 4.69) is 17.5 Å². The number of carboxylic acids is 1. The molecule has 104 valence electrons. The minimum absolute atomic E-state index is 0.0220. The van der Waals surface area contributed by atoms with E-state index in [-0.39, 0.29) is 23.1 Å². The topological polar surface area (TPSA) is 86.6 Å². The summed E-state index contributed by atoms with van der Waals surface area (Å²) in [6, 6.07) is 4.04. The van der Waals surface area contributed by atoms with Crippen LogP contribution in [0, 0.1) is 17.8 Å². The Morgan fingerprint density at radius 2 is 2.00 bits per heavy atom. The number of nitrogens with one attached hydrogen (secondary N) is 1. The molecular weight excluding hydrogens is 258 g/mol. The van der Waals surface area contributed by atoms with Gasteiger partial charge in [-0.15, -0.1) is 0 Å². The lowest BCUT2D eigenvalue weighted by atomic mass is 9.93. The Labute approximate surface area is 115 Å². The molecule has 3 atom stereocenters. The molecule has 1 saturated carbocycles. The predicted octanol–water partition coefficient (Wildman–Crippen LogP) is 2.24. The van der Waals surface area contributed by atoms with Gasteiger partial charge in [-0.3, -0.25) is 4.79 Å². The van der Waals surface area contributed by atoms with Crippen molar-refractivity contribution in [1.82, 2.24) is 0 Å². The zero-order valence-electron chi connectivity index (χ0n) is 10.7. The maximum atomic E-state index is 12.2. The highest BCUT2D eigenvalue weighted by atomic mass is 16.4. The van der Waals surface area contributed by atoms with Gasteiger partial charge in [-0.2, -0.15) is 0 Å². The fraction of sp³-hybridized carbons (Fsp3) is 0.333. The Bertz CT molecular complexity index is 608. The van der Waals surface area contributed by atoms with E-state index in [0.29, 0.717) is 17.5 Å². The summed E-state index contributed by atoms with van der Waals surface area (Å²) in [5.74, 6) is -0.803. The largest absolute Gasteiger partial charge is 0.507 e. The van der Waals surface area contributed by atoms with Crippen LogP contribution in [0.5, 0.6) is 5.75 Å². The molecule has 2 aliphatic carbocycles. The van der Waals surface area contributed by atoms with Crippen LogP contribution < -0.4 is 5.32 Å². The van der Waals surface area contributed by atoms with Crippen LogP contribution >= 0.6 is 0 Å². The molecule has 1 fully saturated rings. The Hall–Kier alpha value is -2.30. The van der Waals surface area contributed by atoms with Crippen LogP contribution in [0.2, 0.25) is 0 Å². The van der Waals surface area contributed by atoms with Crippen LogP contribution in [-0.4, -0.2) is 22.1 Å². The van der Waals surface area contributed by atoms with Crippen molar-refractivity contribution < 1.29 is 19.8 Å². The molecule has 20 heavy (non-hydrogen) atoms. The number of phenols is 1. The Kier molecular flexibility index (Phi) is 2.97. The molecule has 1 amide bonds. The predicted molar refractivity (Wildman–Crippen MR) is 72.5 cm³/mol. The summed E-state index contributed by atoms with van der Waals surface area (Å²) >= 11 is 0. The van der Waals surface area contributed by atoms with Gasteiger partial charge >= 0.3 is 5.97 Å². The maximum Gasteiger partial charge on any atom is 0.339 e. The summed E-state index contributed by atoms with van der Waals surface area (Å²) in [7, 11) is 0. The lowest BCUT2D eigenvalue weighted by Crippen LogP contribution is -2.25. The second-order valence-corrected chi connectivity index (χ2v) is 5.41. The van der Waals surface area contributed by atoms with E-state index in [9.17, 15) is 14.7 Å². The van der Waals surface area contributed by atoms with Crippen molar-refractivity contribution in [3.8, 4) is 5.75 Å². The van der Waals surface area contributed by atoms with E-state index in [1.165, 1.54) is 18.2 Å². The Balaban J connectivity index is 1.72. The molecule has 0 aromatic heterocycles. The summed E-state index contributed by atoms with van der Waals surface area (Å²) in [4.78, 5) is 23.0. The number of amides is 1. The molecule has 0 heterocycles. The first-order chi connectivity index (χ1) is 9.54. The third-order valence-electron chi connectivity index (χ3n) is 4.11. The van der Waals surface area contributed by atoms with Gasteiger partial charge < -0.3 is 15.5 Å². The second kappa shape index (κ2) is 4.67. The average molecular weight is 273 g/mol. The molecule has 2 aliphatic rings. The van der Waals surface area contributed by atoms with E-state index >= 15 is 0 Å². The van der Waals surface area contributed by atoms with E-state index in [4.69, 9.17) is 5.11 Å². The molecule has 0 aliphatic heterocycles. The number of aromatic carboxylic acids is 1. The van der Waals surface area contributed by atoms with Crippen molar-refractivity contribution >= 4 is 17.6 Å². The number of hydrogen-bond donors (Lipinski definition) is 3. The monoisotopic (exact) mass is 273 g/mol. The molecule has 3 unspecified atom stereocenters. The van der Waals surface area contributed by atoms with Gasteiger partial charge in [-0.25, -0.2) is 4.79 Å². The van der Waals surface area contributed by atoms with Crippen LogP contribution in [0.25, 0.3) is 0 Å². The van der Waals surface area contributed by atoms with Crippen molar-refractivity contribution in [3.05, 3.63) is 35.9 Å². The van der Waals surface area contributed by atoms with Crippen molar-refractivity contribution in [3.63, 3.8) is 0 Å². The van der Waals surface area contributed by atoms with E-state index in [1.807, 2.05) is 0 Å². The molecule has 3 rings (SSSR count). The molecule has 0 saturated heterocycles. The zero-order chi connectivity index (χ0) is 14.3. The van der Waals surface area contributed by atoms with Crippen LogP contribution in [0.15, 0.2) is 30.4 Å². The normalized spacial score (nSPS) is 26.7. The molecular formula is C15H15NO4. The second-order valence-electron chi connectivity index (χ2n) is 5.41. The first-order valence-electron chi connectivity index (χ1n) is 6.60.